The molecule has 0 radical (unpaired) electrons. The van der Waals surface area contributed by atoms with Gasteiger partial charge in [-0.3, -0.25) is 14.5 Å². The number of nitrogens with zero attached hydrogens (tertiary/aromatic N) is 3. The van der Waals surface area contributed by atoms with Gasteiger partial charge < -0.3 is 9.80 Å². The van der Waals surface area contributed by atoms with Crippen molar-refractivity contribution < 1.29 is 9.59 Å². The summed E-state index contributed by atoms with van der Waals surface area (Å²) in [5, 5.41) is 0.487. The Labute approximate surface area is 189 Å². The average Bonchev–Trinajstić information content (AvgIpc) is 2.80. The van der Waals surface area contributed by atoms with Crippen molar-refractivity contribution in [2.45, 2.75) is 19.3 Å². The second-order valence-electron chi connectivity index (χ2n) is 8.56. The standard InChI is InChI=1S/C25H30ClN3O2/c26-23-9-5-4-8-22(23)25(31)29-16-14-27(15-17-29)19-24(30)28-12-10-21(11-13-28)18-20-6-2-1-3-7-20/h1-9,21H,10-19H2. The van der Waals surface area contributed by atoms with Gasteiger partial charge in [-0.25, -0.2) is 0 Å². The van der Waals surface area contributed by atoms with E-state index in [1.807, 2.05) is 21.9 Å². The van der Waals surface area contributed by atoms with Gasteiger partial charge in [0.25, 0.3) is 5.91 Å². The van der Waals surface area contributed by atoms with Crippen molar-refractivity contribution in [2.75, 3.05) is 45.8 Å². The van der Waals surface area contributed by atoms with Crippen LogP contribution >= 0.6 is 11.6 Å². The Hall–Kier alpha value is -2.37. The third-order valence-electron chi connectivity index (χ3n) is 6.46. The lowest BCUT2D eigenvalue weighted by Crippen LogP contribution is -2.52. The predicted octanol–water partition coefficient (Wildman–Crippen LogP) is 3.58. The molecule has 0 N–H and O–H groups in total. The number of rotatable bonds is 5. The van der Waals surface area contributed by atoms with Crippen LogP contribution in [0.3, 0.4) is 0 Å². The first kappa shape index (κ1) is 21.8. The van der Waals surface area contributed by atoms with Crippen molar-refractivity contribution in [3.63, 3.8) is 0 Å². The number of benzene rings is 2. The summed E-state index contributed by atoms with van der Waals surface area (Å²) in [5.74, 6) is 0.840. The van der Waals surface area contributed by atoms with E-state index in [1.165, 1.54) is 5.56 Å². The van der Waals surface area contributed by atoms with Crippen molar-refractivity contribution in [3.05, 3.63) is 70.7 Å². The molecule has 2 aromatic rings. The van der Waals surface area contributed by atoms with E-state index in [-0.39, 0.29) is 11.8 Å². The van der Waals surface area contributed by atoms with Crippen LogP contribution in [-0.2, 0) is 11.2 Å². The summed E-state index contributed by atoms with van der Waals surface area (Å²) >= 11 is 6.17. The first-order chi connectivity index (χ1) is 15.1. The topological polar surface area (TPSA) is 43.9 Å². The molecule has 0 spiro atoms. The van der Waals surface area contributed by atoms with E-state index in [0.29, 0.717) is 49.2 Å². The number of likely N-dealkylation sites (tertiary alicyclic amines) is 1. The van der Waals surface area contributed by atoms with Gasteiger partial charge in [0, 0.05) is 39.3 Å². The van der Waals surface area contributed by atoms with Crippen LogP contribution in [0.1, 0.15) is 28.8 Å². The lowest BCUT2D eigenvalue weighted by Gasteiger charge is -2.37. The molecule has 5 nitrogen and oxygen atoms in total. The summed E-state index contributed by atoms with van der Waals surface area (Å²) in [4.78, 5) is 31.5. The monoisotopic (exact) mass is 439 g/mol. The Balaban J connectivity index is 1.20. The Morgan fingerprint density at radius 3 is 2.13 bits per heavy atom. The molecular weight excluding hydrogens is 410 g/mol. The quantitative estimate of drug-likeness (QED) is 0.715. The Morgan fingerprint density at radius 2 is 1.45 bits per heavy atom. The first-order valence-corrected chi connectivity index (χ1v) is 11.6. The minimum Gasteiger partial charge on any atom is -0.342 e. The summed E-state index contributed by atoms with van der Waals surface area (Å²) in [6.45, 7) is 4.81. The van der Waals surface area contributed by atoms with Gasteiger partial charge in [-0.2, -0.15) is 0 Å². The summed E-state index contributed by atoms with van der Waals surface area (Å²) in [6.07, 6.45) is 3.24. The maximum atomic E-state index is 12.8. The highest BCUT2D eigenvalue weighted by Gasteiger charge is 2.27. The van der Waals surface area contributed by atoms with Gasteiger partial charge in [-0.15, -0.1) is 0 Å². The second-order valence-corrected chi connectivity index (χ2v) is 8.97. The highest BCUT2D eigenvalue weighted by Crippen LogP contribution is 2.22. The molecule has 2 amide bonds. The number of carbonyl (C=O) groups is 2. The summed E-state index contributed by atoms with van der Waals surface area (Å²) < 4.78 is 0. The van der Waals surface area contributed by atoms with Crippen LogP contribution in [0.25, 0.3) is 0 Å². The van der Waals surface area contributed by atoms with E-state index in [2.05, 4.69) is 35.2 Å². The van der Waals surface area contributed by atoms with Crippen molar-refractivity contribution >= 4 is 23.4 Å². The molecule has 0 bridgehead atoms. The van der Waals surface area contributed by atoms with Crippen LogP contribution < -0.4 is 0 Å². The Kier molecular flexibility index (Phi) is 7.25. The van der Waals surface area contributed by atoms with Crippen molar-refractivity contribution in [3.8, 4) is 0 Å². The summed E-state index contributed by atoms with van der Waals surface area (Å²) in [6, 6.07) is 17.8. The van der Waals surface area contributed by atoms with Crippen LogP contribution in [0.4, 0.5) is 0 Å². The highest BCUT2D eigenvalue weighted by atomic mass is 35.5. The predicted molar refractivity (Wildman–Crippen MR) is 123 cm³/mol. The zero-order valence-corrected chi connectivity index (χ0v) is 18.6. The van der Waals surface area contributed by atoms with E-state index in [9.17, 15) is 9.59 Å². The number of halogens is 1. The number of amides is 2. The van der Waals surface area contributed by atoms with E-state index < -0.39 is 0 Å². The fraction of sp³-hybridized carbons (Fsp3) is 0.440. The molecular formula is C25H30ClN3O2. The maximum absolute atomic E-state index is 12.8. The molecule has 0 aromatic heterocycles. The molecule has 6 heteroatoms. The lowest BCUT2D eigenvalue weighted by atomic mass is 9.90. The van der Waals surface area contributed by atoms with E-state index >= 15 is 0 Å². The number of piperidine rings is 1. The van der Waals surface area contributed by atoms with Crippen LogP contribution in [0, 0.1) is 5.92 Å². The minimum absolute atomic E-state index is 0.0305. The van der Waals surface area contributed by atoms with Crippen molar-refractivity contribution in [1.29, 1.82) is 0 Å². The number of piperazine rings is 1. The van der Waals surface area contributed by atoms with Gasteiger partial charge in [-0.05, 0) is 42.9 Å². The second kappa shape index (κ2) is 10.3. The van der Waals surface area contributed by atoms with Gasteiger partial charge in [0.15, 0.2) is 0 Å². The summed E-state index contributed by atoms with van der Waals surface area (Å²) in [5.41, 5.74) is 1.93. The van der Waals surface area contributed by atoms with Crippen LogP contribution in [0.2, 0.25) is 5.02 Å². The van der Waals surface area contributed by atoms with E-state index in [1.54, 1.807) is 12.1 Å². The number of hydrogen-bond acceptors (Lipinski definition) is 3. The molecule has 0 atom stereocenters. The van der Waals surface area contributed by atoms with Gasteiger partial charge >= 0.3 is 0 Å². The molecule has 0 aliphatic carbocycles. The molecule has 4 rings (SSSR count). The van der Waals surface area contributed by atoms with Crippen LogP contribution in [-0.4, -0.2) is 72.3 Å². The average molecular weight is 440 g/mol. The smallest absolute Gasteiger partial charge is 0.255 e. The van der Waals surface area contributed by atoms with Gasteiger partial charge in [0.2, 0.25) is 5.91 Å². The van der Waals surface area contributed by atoms with Gasteiger partial charge in [0.05, 0.1) is 17.1 Å². The van der Waals surface area contributed by atoms with E-state index in [0.717, 1.165) is 32.4 Å². The SMILES string of the molecule is O=C(CN1CCN(C(=O)c2ccccc2Cl)CC1)N1CCC(Cc2ccccc2)CC1. The summed E-state index contributed by atoms with van der Waals surface area (Å²) in [7, 11) is 0. The maximum Gasteiger partial charge on any atom is 0.255 e. The molecule has 2 fully saturated rings. The fourth-order valence-corrected chi connectivity index (χ4v) is 4.76. The lowest BCUT2D eigenvalue weighted by molar-refractivity contribution is -0.134. The van der Waals surface area contributed by atoms with Crippen LogP contribution in [0.15, 0.2) is 54.6 Å². The van der Waals surface area contributed by atoms with Gasteiger partial charge in [-0.1, -0.05) is 54.1 Å². The largest absolute Gasteiger partial charge is 0.342 e. The molecule has 164 valence electrons. The zero-order valence-electron chi connectivity index (χ0n) is 17.9. The molecule has 2 aliphatic heterocycles. The van der Waals surface area contributed by atoms with Crippen molar-refractivity contribution in [1.82, 2.24) is 14.7 Å². The molecule has 2 heterocycles. The highest BCUT2D eigenvalue weighted by molar-refractivity contribution is 6.33. The normalized spacial score (nSPS) is 18.2. The third kappa shape index (κ3) is 5.66. The Bertz CT molecular complexity index is 889. The third-order valence-corrected chi connectivity index (χ3v) is 6.79. The van der Waals surface area contributed by atoms with Gasteiger partial charge in [0.1, 0.15) is 0 Å². The molecule has 2 saturated heterocycles. The zero-order chi connectivity index (χ0) is 21.6. The molecule has 0 unspecified atom stereocenters. The van der Waals surface area contributed by atoms with Crippen molar-refractivity contribution in [2.24, 2.45) is 5.92 Å². The first-order valence-electron chi connectivity index (χ1n) is 11.2. The number of hydrogen-bond donors (Lipinski definition) is 0. The number of carbonyl (C=O) groups excluding carboxylic acids is 2. The molecule has 0 saturated carbocycles. The van der Waals surface area contributed by atoms with Crippen LogP contribution in [0.5, 0.6) is 0 Å². The van der Waals surface area contributed by atoms with E-state index in [4.69, 9.17) is 11.6 Å². The molecule has 2 aromatic carbocycles. The molecule has 31 heavy (non-hydrogen) atoms. The fourth-order valence-electron chi connectivity index (χ4n) is 4.54. The minimum atomic E-state index is -0.0305. The Morgan fingerprint density at radius 1 is 0.806 bits per heavy atom. The molecule has 2 aliphatic rings.